The molecule has 2 aromatic carbocycles. The molecule has 25 heavy (non-hydrogen) atoms. The highest BCUT2D eigenvalue weighted by molar-refractivity contribution is 5.78. The molecule has 2 N–H and O–H groups in total. The highest BCUT2D eigenvalue weighted by Gasteiger charge is 2.28. The van der Waals surface area contributed by atoms with E-state index in [1.807, 2.05) is 30.3 Å². The number of halogens is 1. The minimum Gasteiger partial charge on any atom is -0.355 e. The van der Waals surface area contributed by atoms with Crippen LogP contribution in [0.4, 0.5) is 4.39 Å². The maximum Gasteiger partial charge on any atom is 0.233 e. The summed E-state index contributed by atoms with van der Waals surface area (Å²) >= 11 is 0. The average molecular weight is 340 g/mol. The maximum absolute atomic E-state index is 13.2. The molecule has 1 aliphatic rings. The first-order valence-electron chi connectivity index (χ1n) is 9.02. The van der Waals surface area contributed by atoms with E-state index in [9.17, 15) is 9.18 Å². The molecule has 1 unspecified atom stereocenters. The molecule has 0 spiro atoms. The Morgan fingerprint density at radius 1 is 1.08 bits per heavy atom. The third-order valence-electron chi connectivity index (χ3n) is 4.91. The van der Waals surface area contributed by atoms with Crippen molar-refractivity contribution in [1.29, 1.82) is 0 Å². The molecule has 1 amide bonds. The van der Waals surface area contributed by atoms with E-state index in [0.717, 1.165) is 24.8 Å². The number of hydrogen-bond acceptors (Lipinski definition) is 2. The number of hydrogen-bond donors (Lipinski definition) is 2. The van der Waals surface area contributed by atoms with Crippen molar-refractivity contribution in [2.45, 2.75) is 31.7 Å². The number of nitrogens with one attached hydrogen (secondary N) is 2. The third kappa shape index (κ3) is 5.13. The lowest BCUT2D eigenvalue weighted by atomic mass is 9.77. The first-order valence-corrected chi connectivity index (χ1v) is 9.02. The van der Waals surface area contributed by atoms with Gasteiger partial charge in [-0.05, 0) is 48.4 Å². The number of amides is 1. The quantitative estimate of drug-likeness (QED) is 0.771. The average Bonchev–Trinajstić information content (AvgIpc) is 2.58. The molecule has 1 atom stereocenters. The minimum absolute atomic E-state index is 0.00219. The molecule has 0 heterocycles. The van der Waals surface area contributed by atoms with E-state index in [2.05, 4.69) is 22.8 Å². The zero-order valence-electron chi connectivity index (χ0n) is 14.4. The van der Waals surface area contributed by atoms with E-state index >= 15 is 0 Å². The summed E-state index contributed by atoms with van der Waals surface area (Å²) in [4.78, 5) is 12.1. The highest BCUT2D eigenvalue weighted by atomic mass is 19.1. The van der Waals surface area contributed by atoms with Gasteiger partial charge in [-0.1, -0.05) is 48.9 Å². The van der Waals surface area contributed by atoms with Gasteiger partial charge < -0.3 is 10.6 Å². The van der Waals surface area contributed by atoms with Crippen LogP contribution in [0.2, 0.25) is 0 Å². The Morgan fingerprint density at radius 2 is 1.80 bits per heavy atom. The first kappa shape index (κ1) is 17.6. The predicted molar refractivity (Wildman–Crippen MR) is 97.6 cm³/mol. The van der Waals surface area contributed by atoms with Gasteiger partial charge in [-0.2, -0.15) is 0 Å². The summed E-state index contributed by atoms with van der Waals surface area (Å²) < 4.78 is 13.2. The minimum atomic E-state index is -0.227. The number of rotatable bonds is 8. The SMILES string of the molecule is O=C(CNC(c1ccc(F)cc1)C1CCC1)NCCc1ccccc1. The number of carbonyl (C=O) groups excluding carboxylic acids is 1. The van der Waals surface area contributed by atoms with Crippen LogP contribution >= 0.6 is 0 Å². The molecule has 0 aliphatic heterocycles. The lowest BCUT2D eigenvalue weighted by molar-refractivity contribution is -0.120. The smallest absolute Gasteiger partial charge is 0.233 e. The molecular formula is C21H25FN2O. The molecule has 3 nitrogen and oxygen atoms in total. The Bertz CT molecular complexity index is 668. The predicted octanol–water partition coefficient (Wildman–Crippen LogP) is 3.62. The molecule has 1 fully saturated rings. The van der Waals surface area contributed by atoms with Crippen molar-refractivity contribution >= 4 is 5.91 Å². The van der Waals surface area contributed by atoms with Crippen molar-refractivity contribution in [2.24, 2.45) is 5.92 Å². The lowest BCUT2D eigenvalue weighted by Crippen LogP contribution is -2.40. The largest absolute Gasteiger partial charge is 0.355 e. The Morgan fingerprint density at radius 3 is 2.44 bits per heavy atom. The molecule has 2 aromatic rings. The second-order valence-corrected chi connectivity index (χ2v) is 6.69. The van der Waals surface area contributed by atoms with Gasteiger partial charge in [0.25, 0.3) is 0 Å². The first-order chi connectivity index (χ1) is 12.2. The molecule has 1 saturated carbocycles. The van der Waals surface area contributed by atoms with Crippen molar-refractivity contribution in [3.63, 3.8) is 0 Å². The van der Waals surface area contributed by atoms with Crippen LogP contribution in [0.1, 0.15) is 36.4 Å². The van der Waals surface area contributed by atoms with E-state index in [-0.39, 0.29) is 24.3 Å². The highest BCUT2D eigenvalue weighted by Crippen LogP contribution is 2.37. The molecule has 0 radical (unpaired) electrons. The number of benzene rings is 2. The standard InChI is InChI=1S/C21H25FN2O/c22-19-11-9-18(10-12-19)21(17-7-4-8-17)24-15-20(25)23-14-13-16-5-2-1-3-6-16/h1-3,5-6,9-12,17,21,24H,4,7-8,13-15H2,(H,23,25). The van der Waals surface area contributed by atoms with Crippen LogP contribution in [-0.2, 0) is 11.2 Å². The summed E-state index contributed by atoms with van der Waals surface area (Å²) in [5.41, 5.74) is 2.28. The third-order valence-corrected chi connectivity index (χ3v) is 4.91. The topological polar surface area (TPSA) is 41.1 Å². The van der Waals surface area contributed by atoms with Crippen molar-refractivity contribution < 1.29 is 9.18 Å². The Labute approximate surface area is 148 Å². The van der Waals surface area contributed by atoms with Gasteiger partial charge in [0, 0.05) is 12.6 Å². The van der Waals surface area contributed by atoms with Crippen LogP contribution in [-0.4, -0.2) is 19.0 Å². The van der Waals surface area contributed by atoms with E-state index in [4.69, 9.17) is 0 Å². The van der Waals surface area contributed by atoms with Crippen LogP contribution in [0.15, 0.2) is 54.6 Å². The summed E-state index contributed by atoms with van der Waals surface area (Å²) in [6, 6.07) is 16.9. The molecule has 4 heteroatoms. The van der Waals surface area contributed by atoms with Crippen molar-refractivity contribution in [1.82, 2.24) is 10.6 Å². The van der Waals surface area contributed by atoms with Gasteiger partial charge in [0.2, 0.25) is 5.91 Å². The Kier molecular flexibility index (Phi) is 6.18. The van der Waals surface area contributed by atoms with E-state index in [0.29, 0.717) is 12.5 Å². The van der Waals surface area contributed by atoms with Crippen LogP contribution in [0, 0.1) is 11.7 Å². The van der Waals surface area contributed by atoms with Gasteiger partial charge in [-0.15, -0.1) is 0 Å². The zero-order chi connectivity index (χ0) is 17.5. The van der Waals surface area contributed by atoms with Crippen LogP contribution in [0.3, 0.4) is 0 Å². The second kappa shape index (κ2) is 8.77. The van der Waals surface area contributed by atoms with Crippen LogP contribution < -0.4 is 10.6 Å². The number of carbonyl (C=O) groups is 1. The normalized spacial score (nSPS) is 15.4. The van der Waals surface area contributed by atoms with Gasteiger partial charge in [0.1, 0.15) is 5.82 Å². The fraction of sp³-hybridized carbons (Fsp3) is 0.381. The van der Waals surface area contributed by atoms with E-state index in [1.165, 1.54) is 24.1 Å². The van der Waals surface area contributed by atoms with Crippen molar-refractivity contribution in [3.8, 4) is 0 Å². The molecule has 0 aromatic heterocycles. The maximum atomic E-state index is 13.2. The second-order valence-electron chi connectivity index (χ2n) is 6.69. The van der Waals surface area contributed by atoms with Crippen molar-refractivity contribution in [3.05, 3.63) is 71.5 Å². The Hall–Kier alpha value is -2.20. The monoisotopic (exact) mass is 340 g/mol. The molecule has 3 rings (SSSR count). The van der Waals surface area contributed by atoms with Gasteiger partial charge in [0.15, 0.2) is 0 Å². The Balaban J connectivity index is 1.47. The van der Waals surface area contributed by atoms with Gasteiger partial charge in [-0.25, -0.2) is 4.39 Å². The van der Waals surface area contributed by atoms with Crippen molar-refractivity contribution in [2.75, 3.05) is 13.1 Å². The summed E-state index contributed by atoms with van der Waals surface area (Å²) in [7, 11) is 0. The molecule has 1 aliphatic carbocycles. The fourth-order valence-electron chi connectivity index (χ4n) is 3.26. The molecule has 0 bridgehead atoms. The van der Waals surface area contributed by atoms with Gasteiger partial charge in [-0.3, -0.25) is 4.79 Å². The van der Waals surface area contributed by atoms with Gasteiger partial charge >= 0.3 is 0 Å². The summed E-state index contributed by atoms with van der Waals surface area (Å²) in [6.45, 7) is 0.919. The van der Waals surface area contributed by atoms with Crippen LogP contribution in [0.5, 0.6) is 0 Å². The molecular weight excluding hydrogens is 315 g/mol. The summed E-state index contributed by atoms with van der Waals surface area (Å²) in [6.07, 6.45) is 4.37. The summed E-state index contributed by atoms with van der Waals surface area (Å²) in [5.74, 6) is 0.305. The lowest BCUT2D eigenvalue weighted by Gasteiger charge is -2.34. The van der Waals surface area contributed by atoms with Gasteiger partial charge in [0.05, 0.1) is 6.54 Å². The molecule has 0 saturated heterocycles. The van der Waals surface area contributed by atoms with Crippen LogP contribution in [0.25, 0.3) is 0 Å². The van der Waals surface area contributed by atoms with E-state index in [1.54, 1.807) is 0 Å². The summed E-state index contributed by atoms with van der Waals surface area (Å²) in [5, 5.41) is 6.33. The zero-order valence-corrected chi connectivity index (χ0v) is 14.4. The fourth-order valence-corrected chi connectivity index (χ4v) is 3.26. The van der Waals surface area contributed by atoms with E-state index < -0.39 is 0 Å². The molecule has 132 valence electrons.